The molecule has 0 saturated heterocycles. The molecule has 98 valence electrons. The molecule has 0 heterocycles. The van der Waals surface area contributed by atoms with Crippen molar-refractivity contribution in [2.24, 2.45) is 0 Å². The number of ether oxygens (including phenoxy) is 1. The number of hydrogen-bond acceptors (Lipinski definition) is 2. The van der Waals surface area contributed by atoms with Crippen LogP contribution >= 0.6 is 0 Å². The Hall–Kier alpha value is -0.530. The topological polar surface area (TPSA) is 26.3 Å². The highest BCUT2D eigenvalue weighted by atomic mass is 16.5. The van der Waals surface area contributed by atoms with E-state index < -0.39 is 0 Å². The third-order valence-corrected chi connectivity index (χ3v) is 2.25. The summed E-state index contributed by atoms with van der Waals surface area (Å²) in [6.45, 7) is 8.92. The maximum absolute atomic E-state index is 10.7. The fourth-order valence-corrected chi connectivity index (χ4v) is 1.25. The van der Waals surface area contributed by atoms with E-state index in [-0.39, 0.29) is 5.97 Å². The van der Waals surface area contributed by atoms with Crippen molar-refractivity contribution in [1.82, 2.24) is 0 Å². The van der Waals surface area contributed by atoms with E-state index in [4.69, 9.17) is 4.74 Å². The highest BCUT2D eigenvalue weighted by Gasteiger charge is 1.98. The lowest BCUT2D eigenvalue weighted by molar-refractivity contribution is -0.143. The van der Waals surface area contributed by atoms with Crippen LogP contribution in [0.1, 0.15) is 79.1 Å². The van der Waals surface area contributed by atoms with Gasteiger partial charge < -0.3 is 4.74 Å². The minimum absolute atomic E-state index is 0.0593. The highest BCUT2D eigenvalue weighted by molar-refractivity contribution is 5.69. The van der Waals surface area contributed by atoms with E-state index in [1.54, 1.807) is 0 Å². The molecular weight excluding hydrogens is 200 g/mol. The molecule has 0 atom stereocenters. The second-order valence-electron chi connectivity index (χ2n) is 3.97. The van der Waals surface area contributed by atoms with E-state index in [1.165, 1.54) is 25.7 Å². The first-order chi connectivity index (χ1) is 7.72. The predicted molar refractivity (Wildman–Crippen MR) is 70.6 cm³/mol. The van der Waals surface area contributed by atoms with Crippen LogP contribution in [-0.2, 0) is 9.53 Å². The van der Waals surface area contributed by atoms with Crippen LogP contribution in [0.15, 0.2) is 0 Å². The Morgan fingerprint density at radius 3 is 1.62 bits per heavy atom. The molecule has 0 aliphatic carbocycles. The van der Waals surface area contributed by atoms with Crippen molar-refractivity contribution in [1.29, 1.82) is 0 Å². The molecule has 0 unspecified atom stereocenters. The maximum atomic E-state index is 10.7. The van der Waals surface area contributed by atoms with Gasteiger partial charge in [0.25, 0.3) is 0 Å². The van der Waals surface area contributed by atoms with E-state index in [0.717, 1.165) is 19.3 Å². The third-order valence-electron chi connectivity index (χ3n) is 2.25. The summed E-state index contributed by atoms with van der Waals surface area (Å²) >= 11 is 0. The molecule has 0 aromatic carbocycles. The lowest BCUT2D eigenvalue weighted by Gasteiger charge is -1.99. The number of rotatable bonds is 8. The monoisotopic (exact) mass is 230 g/mol. The van der Waals surface area contributed by atoms with Gasteiger partial charge in [0.15, 0.2) is 0 Å². The Morgan fingerprint density at radius 2 is 1.25 bits per heavy atom. The van der Waals surface area contributed by atoms with Crippen LogP contribution in [-0.4, -0.2) is 12.6 Å². The molecule has 0 aliphatic heterocycles. The van der Waals surface area contributed by atoms with Crippen molar-refractivity contribution in [3.63, 3.8) is 0 Å². The smallest absolute Gasteiger partial charge is 0.305 e. The Labute approximate surface area is 102 Å². The van der Waals surface area contributed by atoms with E-state index in [0.29, 0.717) is 13.0 Å². The summed E-state index contributed by atoms with van der Waals surface area (Å²) in [5.41, 5.74) is 0. The molecular formula is C14H30O2. The third kappa shape index (κ3) is 19.1. The predicted octanol–water partition coefficient (Wildman–Crippen LogP) is 4.72. The summed E-state index contributed by atoms with van der Waals surface area (Å²) in [5.74, 6) is -0.0593. The summed E-state index contributed by atoms with van der Waals surface area (Å²) < 4.78 is 4.75. The van der Waals surface area contributed by atoms with E-state index in [9.17, 15) is 4.79 Å². The van der Waals surface area contributed by atoms with E-state index in [2.05, 4.69) is 20.8 Å². The van der Waals surface area contributed by atoms with Gasteiger partial charge in [0.1, 0.15) is 0 Å². The van der Waals surface area contributed by atoms with Gasteiger partial charge in [-0.3, -0.25) is 4.79 Å². The molecule has 0 fully saturated rings. The van der Waals surface area contributed by atoms with Crippen molar-refractivity contribution in [2.45, 2.75) is 79.1 Å². The molecule has 0 rings (SSSR count). The Balaban J connectivity index is 0. The molecule has 0 aromatic heterocycles. The van der Waals surface area contributed by atoms with Gasteiger partial charge in [-0.1, -0.05) is 59.3 Å². The normalized spacial score (nSPS) is 9.25. The Kier molecular flexibility index (Phi) is 18.8. The van der Waals surface area contributed by atoms with Crippen molar-refractivity contribution in [3.8, 4) is 0 Å². The van der Waals surface area contributed by atoms with Crippen LogP contribution in [0, 0.1) is 0 Å². The molecule has 0 aliphatic rings. The fourth-order valence-electron chi connectivity index (χ4n) is 1.25. The largest absolute Gasteiger partial charge is 0.466 e. The first-order valence-corrected chi connectivity index (χ1v) is 6.88. The van der Waals surface area contributed by atoms with Gasteiger partial charge in [0.2, 0.25) is 0 Å². The van der Waals surface area contributed by atoms with Gasteiger partial charge in [-0.2, -0.15) is 0 Å². The Morgan fingerprint density at radius 1 is 0.812 bits per heavy atom. The minimum atomic E-state index is -0.0593. The van der Waals surface area contributed by atoms with Crippen LogP contribution in [0.5, 0.6) is 0 Å². The average molecular weight is 230 g/mol. The van der Waals surface area contributed by atoms with Gasteiger partial charge in [-0.25, -0.2) is 0 Å². The van der Waals surface area contributed by atoms with Crippen molar-refractivity contribution < 1.29 is 9.53 Å². The van der Waals surface area contributed by atoms with E-state index in [1.807, 2.05) is 6.92 Å². The quantitative estimate of drug-likeness (QED) is 0.445. The molecule has 0 spiro atoms. The molecule has 0 N–H and O–H groups in total. The molecule has 2 nitrogen and oxygen atoms in total. The molecule has 2 heteroatoms. The molecule has 0 aromatic rings. The van der Waals surface area contributed by atoms with Gasteiger partial charge >= 0.3 is 5.97 Å². The summed E-state index contributed by atoms with van der Waals surface area (Å²) in [4.78, 5) is 10.7. The number of esters is 1. The summed E-state index contributed by atoms with van der Waals surface area (Å²) in [7, 11) is 0. The first kappa shape index (κ1) is 17.9. The number of carbonyl (C=O) groups excluding carboxylic acids is 1. The zero-order chi connectivity index (χ0) is 12.6. The van der Waals surface area contributed by atoms with Crippen LogP contribution in [0.3, 0.4) is 0 Å². The summed E-state index contributed by atoms with van der Waals surface area (Å²) in [6.07, 6.45) is 9.36. The van der Waals surface area contributed by atoms with Crippen LogP contribution < -0.4 is 0 Å². The zero-order valence-electron chi connectivity index (χ0n) is 11.7. The van der Waals surface area contributed by atoms with E-state index >= 15 is 0 Å². The molecule has 0 radical (unpaired) electrons. The summed E-state index contributed by atoms with van der Waals surface area (Å²) in [5, 5.41) is 0. The van der Waals surface area contributed by atoms with Gasteiger partial charge in [-0.05, 0) is 13.3 Å². The van der Waals surface area contributed by atoms with Gasteiger partial charge in [0.05, 0.1) is 6.61 Å². The lowest BCUT2D eigenvalue weighted by Crippen LogP contribution is -2.02. The molecule has 0 saturated carbocycles. The highest BCUT2D eigenvalue weighted by Crippen LogP contribution is 1.99. The maximum Gasteiger partial charge on any atom is 0.305 e. The van der Waals surface area contributed by atoms with Crippen LogP contribution in [0.25, 0.3) is 0 Å². The second kappa shape index (κ2) is 16.9. The standard InChI is InChI=1S/C8H16O2.C6H14/c1-3-5-6-7-8(9)10-4-2;1-3-5-6-4-2/h3-7H2,1-2H3;3-6H2,1-2H3. The van der Waals surface area contributed by atoms with Crippen molar-refractivity contribution in [3.05, 3.63) is 0 Å². The SMILES string of the molecule is CCCCCC.CCCCCC(=O)OCC. The number of unbranched alkanes of at least 4 members (excludes halogenated alkanes) is 5. The van der Waals surface area contributed by atoms with Crippen molar-refractivity contribution in [2.75, 3.05) is 6.61 Å². The minimum Gasteiger partial charge on any atom is -0.466 e. The lowest BCUT2D eigenvalue weighted by atomic mass is 10.2. The molecule has 0 bridgehead atoms. The van der Waals surface area contributed by atoms with Gasteiger partial charge in [-0.15, -0.1) is 0 Å². The summed E-state index contributed by atoms with van der Waals surface area (Å²) in [6, 6.07) is 0. The molecule has 0 amide bonds. The number of hydrogen-bond donors (Lipinski definition) is 0. The second-order valence-corrected chi connectivity index (χ2v) is 3.97. The van der Waals surface area contributed by atoms with Crippen molar-refractivity contribution >= 4 is 5.97 Å². The number of carbonyl (C=O) groups is 1. The molecule has 16 heavy (non-hydrogen) atoms. The van der Waals surface area contributed by atoms with Gasteiger partial charge in [0, 0.05) is 6.42 Å². The van der Waals surface area contributed by atoms with Crippen LogP contribution in [0.4, 0.5) is 0 Å². The zero-order valence-corrected chi connectivity index (χ0v) is 11.7. The van der Waals surface area contributed by atoms with Crippen LogP contribution in [0.2, 0.25) is 0 Å². The first-order valence-electron chi connectivity index (χ1n) is 6.88. The fraction of sp³-hybridized carbons (Fsp3) is 0.929. The average Bonchev–Trinajstić information content (AvgIpc) is 2.28. The Bertz CT molecular complexity index is 129.